The minimum atomic E-state index is -2.65. The minimum absolute atomic E-state index is 0.135. The molecule has 13 heavy (non-hydrogen) atoms. The summed E-state index contributed by atoms with van der Waals surface area (Å²) < 4.78 is 25.3. The first-order chi connectivity index (χ1) is 6.20. The molecule has 0 aliphatic rings. The number of fused-ring (bicyclic) bond motifs is 1. The van der Waals surface area contributed by atoms with Crippen molar-refractivity contribution in [1.82, 2.24) is 9.78 Å². The Morgan fingerprint density at radius 3 is 2.69 bits per heavy atom. The lowest BCUT2D eigenvalue weighted by atomic mass is 10.2. The van der Waals surface area contributed by atoms with Gasteiger partial charge in [0, 0.05) is 5.39 Å². The Kier molecular flexibility index (Phi) is 1.65. The molecule has 0 amide bonds. The van der Waals surface area contributed by atoms with Crippen molar-refractivity contribution in [2.24, 2.45) is 0 Å². The number of hydrogen-bond acceptors (Lipinski definition) is 2. The van der Waals surface area contributed by atoms with Crippen LogP contribution in [0.4, 0.5) is 14.6 Å². The van der Waals surface area contributed by atoms with Crippen molar-refractivity contribution < 1.29 is 8.78 Å². The van der Waals surface area contributed by atoms with E-state index < -0.39 is 6.55 Å². The molecular formula is C8H7F2N3. The third-order valence-electron chi connectivity index (χ3n) is 1.83. The van der Waals surface area contributed by atoms with Crippen LogP contribution >= 0.6 is 0 Å². The molecular weight excluding hydrogens is 176 g/mol. The molecule has 68 valence electrons. The Balaban J connectivity index is 2.78. The van der Waals surface area contributed by atoms with Crippen LogP contribution in [0.5, 0.6) is 0 Å². The van der Waals surface area contributed by atoms with E-state index >= 15 is 0 Å². The average Bonchev–Trinajstić information content (AvgIpc) is 2.45. The summed E-state index contributed by atoms with van der Waals surface area (Å²) in [6, 6.07) is 6.62. The number of nitrogen functional groups attached to an aromatic ring is 1. The zero-order valence-electron chi connectivity index (χ0n) is 6.61. The third-order valence-corrected chi connectivity index (χ3v) is 1.83. The van der Waals surface area contributed by atoms with Gasteiger partial charge in [-0.3, -0.25) is 0 Å². The highest BCUT2D eigenvalue weighted by atomic mass is 19.3. The first kappa shape index (κ1) is 7.97. The Morgan fingerprint density at radius 1 is 1.31 bits per heavy atom. The van der Waals surface area contributed by atoms with Gasteiger partial charge in [-0.15, -0.1) is 5.10 Å². The minimum Gasteiger partial charge on any atom is -0.382 e. The van der Waals surface area contributed by atoms with Gasteiger partial charge in [0.2, 0.25) is 0 Å². The Hall–Kier alpha value is -1.65. The van der Waals surface area contributed by atoms with Gasteiger partial charge in [-0.25, -0.2) is 4.68 Å². The van der Waals surface area contributed by atoms with E-state index in [-0.39, 0.29) is 5.82 Å². The van der Waals surface area contributed by atoms with Crippen LogP contribution in [0.25, 0.3) is 10.9 Å². The number of anilines is 1. The van der Waals surface area contributed by atoms with E-state index in [1.807, 2.05) is 0 Å². The normalized spacial score (nSPS) is 11.3. The first-order valence-electron chi connectivity index (χ1n) is 3.71. The molecule has 2 aromatic rings. The molecule has 2 rings (SSSR count). The van der Waals surface area contributed by atoms with Crippen LogP contribution in [0.2, 0.25) is 0 Å². The second-order valence-electron chi connectivity index (χ2n) is 2.62. The monoisotopic (exact) mass is 183 g/mol. The zero-order valence-corrected chi connectivity index (χ0v) is 6.61. The number of para-hydroxylation sites is 1. The Bertz CT molecular complexity index is 436. The topological polar surface area (TPSA) is 43.8 Å². The summed E-state index contributed by atoms with van der Waals surface area (Å²) in [5.74, 6) is 0.135. The van der Waals surface area contributed by atoms with Crippen LogP contribution in [0.3, 0.4) is 0 Å². The number of aromatic nitrogens is 2. The molecule has 0 spiro atoms. The maximum atomic E-state index is 12.4. The summed E-state index contributed by atoms with van der Waals surface area (Å²) in [5, 5.41) is 4.09. The quantitative estimate of drug-likeness (QED) is 0.734. The zero-order chi connectivity index (χ0) is 9.42. The van der Waals surface area contributed by atoms with E-state index in [1.54, 1.807) is 24.3 Å². The van der Waals surface area contributed by atoms with Crippen LogP contribution in [0.15, 0.2) is 24.3 Å². The van der Waals surface area contributed by atoms with Gasteiger partial charge in [-0.2, -0.15) is 8.78 Å². The van der Waals surface area contributed by atoms with Gasteiger partial charge >= 0.3 is 6.55 Å². The second kappa shape index (κ2) is 2.69. The van der Waals surface area contributed by atoms with Gasteiger partial charge in [-0.1, -0.05) is 12.1 Å². The van der Waals surface area contributed by atoms with Crippen LogP contribution in [-0.4, -0.2) is 9.78 Å². The number of rotatable bonds is 1. The maximum absolute atomic E-state index is 12.4. The predicted molar refractivity (Wildman–Crippen MR) is 45.4 cm³/mol. The predicted octanol–water partition coefficient (Wildman–Crippen LogP) is 2.01. The Labute approximate surface area is 72.8 Å². The lowest BCUT2D eigenvalue weighted by Gasteiger charge is -1.98. The molecule has 0 fully saturated rings. The van der Waals surface area contributed by atoms with Crippen molar-refractivity contribution in [1.29, 1.82) is 0 Å². The molecule has 0 unspecified atom stereocenters. The summed E-state index contributed by atoms with van der Waals surface area (Å²) >= 11 is 0. The number of nitrogens with two attached hydrogens (primary N) is 1. The summed E-state index contributed by atoms with van der Waals surface area (Å²) in [6.07, 6.45) is 0. The van der Waals surface area contributed by atoms with Gasteiger partial charge in [0.05, 0.1) is 5.52 Å². The highest BCUT2D eigenvalue weighted by molar-refractivity contribution is 5.88. The number of nitrogens with zero attached hydrogens (tertiary/aromatic N) is 2. The van der Waals surface area contributed by atoms with E-state index in [0.717, 1.165) is 0 Å². The van der Waals surface area contributed by atoms with E-state index in [2.05, 4.69) is 5.10 Å². The summed E-state index contributed by atoms with van der Waals surface area (Å²) in [6.45, 7) is -2.65. The van der Waals surface area contributed by atoms with E-state index in [0.29, 0.717) is 15.6 Å². The Morgan fingerprint density at radius 2 is 2.00 bits per heavy atom. The van der Waals surface area contributed by atoms with Crippen molar-refractivity contribution in [3.63, 3.8) is 0 Å². The second-order valence-corrected chi connectivity index (χ2v) is 2.62. The fourth-order valence-electron chi connectivity index (χ4n) is 1.26. The molecule has 0 atom stereocenters. The van der Waals surface area contributed by atoms with Crippen molar-refractivity contribution in [3.8, 4) is 0 Å². The molecule has 0 radical (unpaired) electrons. The molecule has 1 heterocycles. The molecule has 1 aromatic heterocycles. The lowest BCUT2D eigenvalue weighted by molar-refractivity contribution is 0.0618. The molecule has 0 saturated heterocycles. The number of halogens is 2. The van der Waals surface area contributed by atoms with Gasteiger partial charge in [0.25, 0.3) is 0 Å². The molecule has 5 heteroatoms. The molecule has 2 N–H and O–H groups in total. The largest absolute Gasteiger partial charge is 0.382 e. The van der Waals surface area contributed by atoms with Crippen molar-refractivity contribution in [2.75, 3.05) is 5.73 Å². The van der Waals surface area contributed by atoms with Crippen molar-refractivity contribution >= 4 is 16.7 Å². The summed E-state index contributed by atoms with van der Waals surface area (Å²) in [7, 11) is 0. The van der Waals surface area contributed by atoms with Crippen molar-refractivity contribution in [3.05, 3.63) is 24.3 Å². The number of hydrogen-bond donors (Lipinski definition) is 1. The van der Waals surface area contributed by atoms with Crippen molar-refractivity contribution in [2.45, 2.75) is 6.55 Å². The summed E-state index contributed by atoms with van der Waals surface area (Å²) in [5.41, 5.74) is 5.81. The number of alkyl halides is 2. The fourth-order valence-corrected chi connectivity index (χ4v) is 1.26. The van der Waals surface area contributed by atoms with Gasteiger partial charge < -0.3 is 5.73 Å². The molecule has 1 aromatic carbocycles. The molecule has 0 aliphatic heterocycles. The average molecular weight is 183 g/mol. The highest BCUT2D eigenvalue weighted by Crippen LogP contribution is 2.23. The third kappa shape index (κ3) is 1.12. The number of benzene rings is 1. The van der Waals surface area contributed by atoms with Gasteiger partial charge in [0.1, 0.15) is 0 Å². The maximum Gasteiger partial charge on any atom is 0.333 e. The van der Waals surface area contributed by atoms with Crippen LogP contribution in [0.1, 0.15) is 6.55 Å². The van der Waals surface area contributed by atoms with E-state index in [4.69, 9.17) is 5.73 Å². The van der Waals surface area contributed by atoms with Crippen LogP contribution < -0.4 is 5.73 Å². The fraction of sp³-hybridized carbons (Fsp3) is 0.125. The standard InChI is InChI=1S/C8H7F2N3/c9-8(10)13-6-4-2-1-3-5(6)7(11)12-13/h1-4,8H,(H2,11,12). The van der Waals surface area contributed by atoms with Crippen LogP contribution in [-0.2, 0) is 0 Å². The first-order valence-corrected chi connectivity index (χ1v) is 3.71. The van der Waals surface area contributed by atoms with E-state index in [9.17, 15) is 8.78 Å². The van der Waals surface area contributed by atoms with Crippen LogP contribution in [0, 0.1) is 0 Å². The smallest absolute Gasteiger partial charge is 0.333 e. The molecule has 0 saturated carbocycles. The molecule has 3 nitrogen and oxygen atoms in total. The molecule has 0 aliphatic carbocycles. The lowest BCUT2D eigenvalue weighted by Crippen LogP contribution is -2.00. The highest BCUT2D eigenvalue weighted by Gasteiger charge is 2.13. The summed E-state index contributed by atoms with van der Waals surface area (Å²) in [4.78, 5) is 0. The SMILES string of the molecule is Nc1nn(C(F)F)c2ccccc12. The van der Waals surface area contributed by atoms with Gasteiger partial charge in [-0.05, 0) is 12.1 Å². The van der Waals surface area contributed by atoms with Gasteiger partial charge in [0.15, 0.2) is 5.82 Å². The van der Waals surface area contributed by atoms with E-state index in [1.165, 1.54) is 0 Å². The molecule has 0 bridgehead atoms.